The van der Waals surface area contributed by atoms with E-state index in [0.29, 0.717) is 13.2 Å². The predicted molar refractivity (Wildman–Crippen MR) is 87.0 cm³/mol. The second-order valence-corrected chi connectivity index (χ2v) is 6.78. The van der Waals surface area contributed by atoms with Crippen molar-refractivity contribution in [2.75, 3.05) is 6.54 Å². The van der Waals surface area contributed by atoms with E-state index in [0.717, 1.165) is 24.7 Å². The van der Waals surface area contributed by atoms with Crippen molar-refractivity contribution in [3.63, 3.8) is 0 Å². The lowest BCUT2D eigenvalue weighted by molar-refractivity contribution is -0.122. The third kappa shape index (κ3) is 5.06. The summed E-state index contributed by atoms with van der Waals surface area (Å²) in [6.45, 7) is 6.39. The Hall–Kier alpha value is -1.88. The second kappa shape index (κ2) is 7.59. The van der Waals surface area contributed by atoms with Crippen molar-refractivity contribution in [1.82, 2.24) is 4.90 Å². The molecule has 2 atom stereocenters. The van der Waals surface area contributed by atoms with Crippen LogP contribution in [-0.2, 0) is 20.9 Å². The van der Waals surface area contributed by atoms with E-state index >= 15 is 0 Å². The van der Waals surface area contributed by atoms with Crippen molar-refractivity contribution in [3.05, 3.63) is 35.9 Å². The fourth-order valence-corrected chi connectivity index (χ4v) is 2.64. The highest BCUT2D eigenvalue weighted by Crippen LogP contribution is 2.23. The van der Waals surface area contributed by atoms with Gasteiger partial charge in [-0.2, -0.15) is 0 Å². The van der Waals surface area contributed by atoms with Crippen LogP contribution < -0.4 is 0 Å². The van der Waals surface area contributed by atoms with Gasteiger partial charge in [-0.15, -0.1) is 0 Å². The summed E-state index contributed by atoms with van der Waals surface area (Å²) in [5, 5.41) is 0. The Bertz CT molecular complexity index is 524. The van der Waals surface area contributed by atoms with Crippen molar-refractivity contribution in [2.45, 2.75) is 58.0 Å². The van der Waals surface area contributed by atoms with Gasteiger partial charge in [-0.05, 0) is 39.2 Å². The van der Waals surface area contributed by atoms with Gasteiger partial charge >= 0.3 is 6.09 Å². The van der Waals surface area contributed by atoms with Crippen molar-refractivity contribution in [3.8, 4) is 0 Å². The van der Waals surface area contributed by atoms with Crippen LogP contribution in [0.1, 0.15) is 39.2 Å². The highest BCUT2D eigenvalue weighted by Gasteiger charge is 2.37. The number of aldehydes is 1. The van der Waals surface area contributed by atoms with Gasteiger partial charge in [0.1, 0.15) is 17.9 Å². The molecule has 2 unspecified atom stereocenters. The summed E-state index contributed by atoms with van der Waals surface area (Å²) >= 11 is 0. The minimum atomic E-state index is -0.595. The smallest absolute Gasteiger partial charge is 0.410 e. The molecule has 2 rings (SSSR count). The number of likely N-dealkylation sites (tertiary alicyclic amines) is 1. The van der Waals surface area contributed by atoms with E-state index in [-0.39, 0.29) is 6.10 Å². The number of piperidine rings is 1. The molecule has 0 saturated carbocycles. The van der Waals surface area contributed by atoms with Crippen LogP contribution in [-0.4, -0.2) is 41.6 Å². The number of hydrogen-bond acceptors (Lipinski definition) is 4. The summed E-state index contributed by atoms with van der Waals surface area (Å²) in [6.07, 6.45) is 1.59. The Kier molecular flexibility index (Phi) is 5.77. The van der Waals surface area contributed by atoms with Crippen LogP contribution in [0.25, 0.3) is 0 Å². The normalized spacial score (nSPS) is 21.8. The van der Waals surface area contributed by atoms with Gasteiger partial charge < -0.3 is 14.3 Å². The molecule has 1 aromatic rings. The Morgan fingerprint density at radius 2 is 2.00 bits per heavy atom. The zero-order valence-corrected chi connectivity index (χ0v) is 14.0. The topological polar surface area (TPSA) is 55.8 Å². The van der Waals surface area contributed by atoms with Gasteiger partial charge in [0.15, 0.2) is 0 Å². The average molecular weight is 319 g/mol. The molecule has 1 amide bonds. The van der Waals surface area contributed by atoms with Gasteiger partial charge in [-0.1, -0.05) is 30.3 Å². The number of carbonyl (C=O) groups is 2. The van der Waals surface area contributed by atoms with E-state index < -0.39 is 17.7 Å². The molecule has 1 saturated heterocycles. The summed E-state index contributed by atoms with van der Waals surface area (Å²) in [5.74, 6) is 0. The second-order valence-electron chi connectivity index (χ2n) is 6.78. The minimum Gasteiger partial charge on any atom is -0.444 e. The molecule has 126 valence electrons. The molecule has 5 heteroatoms. The number of hydrogen-bond donors (Lipinski definition) is 0. The Morgan fingerprint density at radius 3 is 2.61 bits per heavy atom. The molecular weight excluding hydrogens is 294 g/mol. The quantitative estimate of drug-likeness (QED) is 0.800. The lowest BCUT2D eigenvalue weighted by Crippen LogP contribution is -2.53. The largest absolute Gasteiger partial charge is 0.444 e. The van der Waals surface area contributed by atoms with Crippen LogP contribution in [0.3, 0.4) is 0 Å². The molecule has 1 heterocycles. The maximum absolute atomic E-state index is 12.3. The molecule has 1 fully saturated rings. The molecule has 0 N–H and O–H groups in total. The highest BCUT2D eigenvalue weighted by molar-refractivity contribution is 5.74. The average Bonchev–Trinajstić information content (AvgIpc) is 2.51. The lowest BCUT2D eigenvalue weighted by atomic mass is 10.00. The summed E-state index contributed by atoms with van der Waals surface area (Å²) in [5.41, 5.74) is 0.467. The SMILES string of the molecule is CC(C)(C)OC(=O)N1CCCC(OCc2ccccc2)C1C=O. The van der Waals surface area contributed by atoms with E-state index in [4.69, 9.17) is 9.47 Å². The van der Waals surface area contributed by atoms with E-state index in [1.165, 1.54) is 4.90 Å². The van der Waals surface area contributed by atoms with Gasteiger partial charge in [0, 0.05) is 6.54 Å². The minimum absolute atomic E-state index is 0.297. The Morgan fingerprint density at radius 1 is 1.30 bits per heavy atom. The maximum Gasteiger partial charge on any atom is 0.410 e. The molecule has 0 spiro atoms. The first kappa shape index (κ1) is 17.5. The van der Waals surface area contributed by atoms with E-state index in [9.17, 15) is 9.59 Å². The zero-order chi connectivity index (χ0) is 16.9. The van der Waals surface area contributed by atoms with Crippen LogP contribution in [0.2, 0.25) is 0 Å². The van der Waals surface area contributed by atoms with Gasteiger partial charge in [-0.25, -0.2) is 4.79 Å². The molecule has 0 aromatic heterocycles. The summed E-state index contributed by atoms with van der Waals surface area (Å²) < 4.78 is 11.3. The summed E-state index contributed by atoms with van der Waals surface area (Å²) in [6, 6.07) is 9.20. The zero-order valence-electron chi connectivity index (χ0n) is 14.0. The van der Waals surface area contributed by atoms with Crippen molar-refractivity contribution in [2.24, 2.45) is 0 Å². The number of benzene rings is 1. The standard InChI is InChI=1S/C18H25NO4/c1-18(2,3)23-17(21)19-11-7-10-16(15(19)12-20)22-13-14-8-5-4-6-9-14/h4-6,8-9,12,15-16H,7,10-11,13H2,1-3H3. The Labute approximate surface area is 137 Å². The molecule has 23 heavy (non-hydrogen) atoms. The molecular formula is C18H25NO4. The van der Waals surface area contributed by atoms with Crippen molar-refractivity contribution >= 4 is 12.4 Å². The molecule has 1 aromatic carbocycles. The number of rotatable bonds is 4. The molecule has 0 bridgehead atoms. The summed E-state index contributed by atoms with van der Waals surface area (Å²) in [4.78, 5) is 25.3. The van der Waals surface area contributed by atoms with Crippen molar-refractivity contribution in [1.29, 1.82) is 0 Å². The molecule has 5 nitrogen and oxygen atoms in total. The third-order valence-electron chi connectivity index (χ3n) is 3.70. The fourth-order valence-electron chi connectivity index (χ4n) is 2.64. The van der Waals surface area contributed by atoms with Crippen LogP contribution in [0, 0.1) is 0 Å². The molecule has 0 radical (unpaired) electrons. The van der Waals surface area contributed by atoms with Crippen LogP contribution in [0.15, 0.2) is 30.3 Å². The third-order valence-corrected chi connectivity index (χ3v) is 3.70. The molecule has 1 aliphatic heterocycles. The molecule has 1 aliphatic rings. The van der Waals surface area contributed by atoms with Gasteiger partial charge in [0.25, 0.3) is 0 Å². The fraction of sp³-hybridized carbons (Fsp3) is 0.556. The molecule has 0 aliphatic carbocycles. The van der Waals surface area contributed by atoms with Crippen molar-refractivity contribution < 1.29 is 19.1 Å². The summed E-state index contributed by atoms with van der Waals surface area (Å²) in [7, 11) is 0. The number of amides is 1. The van der Waals surface area contributed by atoms with Gasteiger partial charge in [-0.3, -0.25) is 4.90 Å². The highest BCUT2D eigenvalue weighted by atomic mass is 16.6. The first-order valence-corrected chi connectivity index (χ1v) is 8.01. The van der Waals surface area contributed by atoms with Gasteiger partial charge in [0.05, 0.1) is 12.7 Å². The maximum atomic E-state index is 12.3. The number of nitrogens with zero attached hydrogens (tertiary/aromatic N) is 1. The Balaban J connectivity index is 2.00. The van der Waals surface area contributed by atoms with Crippen LogP contribution in [0.5, 0.6) is 0 Å². The monoisotopic (exact) mass is 319 g/mol. The number of ether oxygens (including phenoxy) is 2. The first-order valence-electron chi connectivity index (χ1n) is 8.01. The van der Waals surface area contributed by atoms with E-state index in [1.54, 1.807) is 0 Å². The van der Waals surface area contributed by atoms with Crippen LogP contribution in [0.4, 0.5) is 4.79 Å². The first-order chi connectivity index (χ1) is 10.9. The predicted octanol–water partition coefficient (Wildman–Crippen LogP) is 3.17. The van der Waals surface area contributed by atoms with E-state index in [1.807, 2.05) is 51.1 Å². The van der Waals surface area contributed by atoms with Crippen LogP contribution >= 0.6 is 0 Å². The van der Waals surface area contributed by atoms with E-state index in [2.05, 4.69) is 0 Å². The lowest BCUT2D eigenvalue weighted by Gasteiger charge is -2.38. The van der Waals surface area contributed by atoms with Gasteiger partial charge in [0.2, 0.25) is 0 Å². The number of carbonyl (C=O) groups excluding carboxylic acids is 2.